The standard InChI is InChI=1S/C24H17ClN4O3S/c25-17-11-12-19(18(13-17)22(31)16-9-5-2-6-10-16)26-20(30)14-33-24-27-23(32)21(28-29-24)15-7-3-1-4-8-15/h1-13H,14H2,(H,26,30)(H,27,29,32). The van der Waals surface area contributed by atoms with Crippen molar-refractivity contribution in [2.45, 2.75) is 5.16 Å². The van der Waals surface area contributed by atoms with Crippen LogP contribution in [0.25, 0.3) is 11.3 Å². The minimum atomic E-state index is -0.396. The predicted octanol–water partition coefficient (Wildman–Crippen LogP) is 4.45. The molecule has 0 saturated carbocycles. The van der Waals surface area contributed by atoms with Crippen molar-refractivity contribution in [1.29, 1.82) is 0 Å². The van der Waals surface area contributed by atoms with E-state index < -0.39 is 5.56 Å². The number of carbonyl (C=O) groups is 2. The van der Waals surface area contributed by atoms with E-state index in [9.17, 15) is 14.4 Å². The number of hydrogen-bond acceptors (Lipinski definition) is 6. The highest BCUT2D eigenvalue weighted by molar-refractivity contribution is 7.99. The highest BCUT2D eigenvalue weighted by atomic mass is 35.5. The Morgan fingerprint density at radius 2 is 1.64 bits per heavy atom. The summed E-state index contributed by atoms with van der Waals surface area (Å²) in [6, 6.07) is 22.4. The minimum absolute atomic E-state index is 0.0447. The molecule has 9 heteroatoms. The second-order valence-electron chi connectivity index (χ2n) is 6.90. The number of H-pyrrole nitrogens is 1. The number of aromatic nitrogens is 3. The summed E-state index contributed by atoms with van der Waals surface area (Å²) in [7, 11) is 0. The number of nitrogens with zero attached hydrogens (tertiary/aromatic N) is 2. The van der Waals surface area contributed by atoms with Gasteiger partial charge < -0.3 is 5.32 Å². The van der Waals surface area contributed by atoms with E-state index in [-0.39, 0.29) is 33.9 Å². The second kappa shape index (κ2) is 10.2. The first kappa shape index (κ1) is 22.4. The Kier molecular flexibility index (Phi) is 6.97. The molecule has 7 nitrogen and oxygen atoms in total. The third kappa shape index (κ3) is 5.54. The second-order valence-corrected chi connectivity index (χ2v) is 8.30. The van der Waals surface area contributed by atoms with Gasteiger partial charge >= 0.3 is 0 Å². The van der Waals surface area contributed by atoms with Crippen LogP contribution >= 0.6 is 23.4 Å². The van der Waals surface area contributed by atoms with Crippen LogP contribution in [0.5, 0.6) is 0 Å². The lowest BCUT2D eigenvalue weighted by Gasteiger charge is -2.11. The summed E-state index contributed by atoms with van der Waals surface area (Å²) in [6.45, 7) is 0. The van der Waals surface area contributed by atoms with Crippen LogP contribution < -0.4 is 10.9 Å². The molecule has 1 aromatic heterocycles. The minimum Gasteiger partial charge on any atom is -0.325 e. The molecular formula is C24H17ClN4O3S. The third-order valence-electron chi connectivity index (χ3n) is 4.60. The van der Waals surface area contributed by atoms with Gasteiger partial charge in [-0.2, -0.15) is 0 Å². The van der Waals surface area contributed by atoms with Crippen LogP contribution in [-0.2, 0) is 4.79 Å². The van der Waals surface area contributed by atoms with E-state index in [0.717, 1.165) is 11.8 Å². The highest BCUT2D eigenvalue weighted by Crippen LogP contribution is 2.24. The molecule has 2 N–H and O–H groups in total. The van der Waals surface area contributed by atoms with Crippen LogP contribution in [-0.4, -0.2) is 32.6 Å². The number of hydrogen-bond donors (Lipinski definition) is 2. The molecule has 0 unspecified atom stereocenters. The van der Waals surface area contributed by atoms with Crippen LogP contribution in [0.2, 0.25) is 5.02 Å². The zero-order chi connectivity index (χ0) is 23.2. The molecule has 4 rings (SSSR count). The van der Waals surface area contributed by atoms with Crippen LogP contribution in [0.15, 0.2) is 88.8 Å². The Balaban J connectivity index is 1.45. The SMILES string of the molecule is O=C(CSc1nnc(-c2ccccc2)c(=O)[nH]1)Nc1ccc(Cl)cc1C(=O)c1ccccc1. The van der Waals surface area contributed by atoms with Gasteiger partial charge in [0, 0.05) is 21.7 Å². The first-order chi connectivity index (χ1) is 16.0. The number of carbonyl (C=O) groups excluding carboxylic acids is 2. The van der Waals surface area contributed by atoms with Gasteiger partial charge in [-0.25, -0.2) is 0 Å². The van der Waals surface area contributed by atoms with E-state index in [2.05, 4.69) is 20.5 Å². The summed E-state index contributed by atoms with van der Waals surface area (Å²) < 4.78 is 0. The molecule has 1 heterocycles. The average molecular weight is 477 g/mol. The fourth-order valence-corrected chi connectivity index (χ4v) is 3.83. The maximum Gasteiger partial charge on any atom is 0.278 e. The van der Waals surface area contributed by atoms with Crippen molar-refractivity contribution in [3.8, 4) is 11.3 Å². The van der Waals surface area contributed by atoms with Crippen LogP contribution in [0.3, 0.4) is 0 Å². The number of ketones is 1. The van der Waals surface area contributed by atoms with Gasteiger partial charge in [0.15, 0.2) is 16.6 Å². The molecule has 0 fully saturated rings. The predicted molar refractivity (Wildman–Crippen MR) is 129 cm³/mol. The van der Waals surface area contributed by atoms with Gasteiger partial charge in [-0.3, -0.25) is 19.4 Å². The van der Waals surface area contributed by atoms with Gasteiger partial charge in [-0.05, 0) is 18.2 Å². The van der Waals surface area contributed by atoms with Gasteiger partial charge in [0.25, 0.3) is 5.56 Å². The summed E-state index contributed by atoms with van der Waals surface area (Å²) in [4.78, 5) is 40.4. The third-order valence-corrected chi connectivity index (χ3v) is 5.70. The first-order valence-corrected chi connectivity index (χ1v) is 11.2. The molecule has 0 saturated heterocycles. The summed E-state index contributed by atoms with van der Waals surface area (Å²) in [5.74, 6) is -0.677. The smallest absolute Gasteiger partial charge is 0.278 e. The van der Waals surface area contributed by atoms with Gasteiger partial charge in [-0.15, -0.1) is 10.2 Å². The Morgan fingerprint density at radius 3 is 2.33 bits per heavy atom. The van der Waals surface area contributed by atoms with Crippen molar-refractivity contribution >= 4 is 40.7 Å². The maximum atomic E-state index is 12.9. The average Bonchev–Trinajstić information content (AvgIpc) is 2.84. The number of nitrogens with one attached hydrogen (secondary N) is 2. The van der Waals surface area contributed by atoms with Crippen LogP contribution in [0.4, 0.5) is 5.69 Å². The molecule has 0 aliphatic heterocycles. The lowest BCUT2D eigenvalue weighted by molar-refractivity contribution is -0.113. The van der Waals surface area contributed by atoms with Crippen molar-refractivity contribution < 1.29 is 9.59 Å². The topological polar surface area (TPSA) is 105 Å². The zero-order valence-corrected chi connectivity index (χ0v) is 18.7. The molecule has 0 aliphatic carbocycles. The quantitative estimate of drug-likeness (QED) is 0.301. The molecule has 0 atom stereocenters. The van der Waals surface area contributed by atoms with E-state index in [0.29, 0.717) is 21.8 Å². The lowest BCUT2D eigenvalue weighted by Crippen LogP contribution is -2.18. The molecule has 0 bridgehead atoms. The Bertz CT molecular complexity index is 1360. The van der Waals surface area contributed by atoms with Crippen molar-refractivity contribution in [2.24, 2.45) is 0 Å². The van der Waals surface area contributed by atoms with Gasteiger partial charge in [-0.1, -0.05) is 84.0 Å². The number of halogens is 1. The van der Waals surface area contributed by atoms with Crippen molar-refractivity contribution in [3.63, 3.8) is 0 Å². The number of anilines is 1. The number of amides is 1. The van der Waals surface area contributed by atoms with Crippen molar-refractivity contribution in [1.82, 2.24) is 15.2 Å². The summed E-state index contributed by atoms with van der Waals surface area (Å²) in [5, 5.41) is 11.3. The van der Waals surface area contributed by atoms with E-state index >= 15 is 0 Å². The largest absolute Gasteiger partial charge is 0.325 e. The molecule has 4 aromatic rings. The van der Waals surface area contributed by atoms with Crippen LogP contribution in [0.1, 0.15) is 15.9 Å². The van der Waals surface area contributed by atoms with E-state index in [1.807, 2.05) is 12.1 Å². The molecule has 164 valence electrons. The number of rotatable bonds is 7. The van der Waals surface area contributed by atoms with Crippen molar-refractivity contribution in [3.05, 3.63) is 105 Å². The summed E-state index contributed by atoms with van der Waals surface area (Å²) >= 11 is 7.11. The normalized spacial score (nSPS) is 10.6. The number of benzene rings is 3. The number of aromatic amines is 1. The van der Waals surface area contributed by atoms with Gasteiger partial charge in [0.1, 0.15) is 0 Å². The van der Waals surface area contributed by atoms with Gasteiger partial charge in [0.2, 0.25) is 5.91 Å². The lowest BCUT2D eigenvalue weighted by atomic mass is 10.0. The Labute approximate surface area is 198 Å². The van der Waals surface area contributed by atoms with E-state index in [4.69, 9.17) is 11.6 Å². The molecule has 0 spiro atoms. The molecule has 3 aromatic carbocycles. The van der Waals surface area contributed by atoms with Gasteiger partial charge in [0.05, 0.1) is 11.4 Å². The molecule has 33 heavy (non-hydrogen) atoms. The Hall–Kier alpha value is -3.75. The van der Waals surface area contributed by atoms with Crippen LogP contribution in [0, 0.1) is 0 Å². The molecule has 1 amide bonds. The molecular weight excluding hydrogens is 460 g/mol. The highest BCUT2D eigenvalue weighted by Gasteiger charge is 2.17. The zero-order valence-electron chi connectivity index (χ0n) is 17.1. The maximum absolute atomic E-state index is 12.9. The Morgan fingerprint density at radius 1 is 0.939 bits per heavy atom. The summed E-state index contributed by atoms with van der Waals surface area (Å²) in [5.41, 5.74) is 1.57. The monoisotopic (exact) mass is 476 g/mol. The molecule has 0 aliphatic rings. The van der Waals surface area contributed by atoms with E-state index in [1.54, 1.807) is 60.7 Å². The molecule has 0 radical (unpaired) electrons. The summed E-state index contributed by atoms with van der Waals surface area (Å²) in [6.07, 6.45) is 0. The fraction of sp³-hybridized carbons (Fsp3) is 0.0417. The number of thioether (sulfide) groups is 1. The fourth-order valence-electron chi connectivity index (χ4n) is 3.05. The van der Waals surface area contributed by atoms with Crippen molar-refractivity contribution in [2.75, 3.05) is 11.1 Å². The van der Waals surface area contributed by atoms with E-state index in [1.165, 1.54) is 6.07 Å². The first-order valence-electron chi connectivity index (χ1n) is 9.85.